The third-order valence-corrected chi connectivity index (χ3v) is 4.13. The van der Waals surface area contributed by atoms with Crippen LogP contribution < -0.4 is 4.74 Å². The molecule has 0 aromatic heterocycles. The number of ether oxygens (including phenoxy) is 1. The average molecular weight is 338 g/mol. The van der Waals surface area contributed by atoms with Crippen molar-refractivity contribution in [2.75, 3.05) is 20.2 Å². The maximum atomic E-state index is 12.1. The van der Waals surface area contributed by atoms with Crippen molar-refractivity contribution in [3.05, 3.63) is 34.3 Å². The van der Waals surface area contributed by atoms with Crippen molar-refractivity contribution in [2.45, 2.75) is 25.7 Å². The zero-order valence-corrected chi connectivity index (χ0v) is 13.4. The number of carbonyl (C=O) groups excluding carboxylic acids is 1. The zero-order valence-electron chi connectivity index (χ0n) is 11.8. The molecule has 0 bridgehead atoms. The monoisotopic (exact) mass is 337 g/mol. The van der Waals surface area contributed by atoms with Gasteiger partial charge >= 0.3 is 0 Å². The molecule has 2 rings (SSSR count). The van der Waals surface area contributed by atoms with Gasteiger partial charge in [0.1, 0.15) is 5.75 Å². The normalized spacial score (nSPS) is 16.2. The minimum atomic E-state index is 0.110. The van der Waals surface area contributed by atoms with Crippen molar-refractivity contribution >= 4 is 27.9 Å². The Labute approximate surface area is 128 Å². The summed E-state index contributed by atoms with van der Waals surface area (Å²) in [7, 11) is 1.64. The highest BCUT2D eigenvalue weighted by Gasteiger charge is 2.12. The van der Waals surface area contributed by atoms with Crippen LogP contribution in [0.2, 0.25) is 0 Å². The van der Waals surface area contributed by atoms with E-state index in [1.165, 1.54) is 12.8 Å². The van der Waals surface area contributed by atoms with E-state index in [4.69, 9.17) is 4.74 Å². The molecule has 0 unspecified atom stereocenters. The van der Waals surface area contributed by atoms with Crippen LogP contribution in [0, 0.1) is 0 Å². The maximum absolute atomic E-state index is 12.1. The molecule has 1 aliphatic rings. The molecule has 1 amide bonds. The summed E-state index contributed by atoms with van der Waals surface area (Å²) in [6.07, 6.45) is 8.23. The summed E-state index contributed by atoms with van der Waals surface area (Å²) in [4.78, 5) is 14.1. The first-order chi connectivity index (χ1) is 9.70. The number of nitrogens with zero attached hydrogens (tertiary/aromatic N) is 1. The number of hydrogen-bond acceptors (Lipinski definition) is 2. The van der Waals surface area contributed by atoms with E-state index in [2.05, 4.69) is 15.9 Å². The highest BCUT2D eigenvalue weighted by atomic mass is 79.9. The summed E-state index contributed by atoms with van der Waals surface area (Å²) < 4.78 is 6.08. The zero-order chi connectivity index (χ0) is 14.4. The molecule has 1 aliphatic heterocycles. The number of rotatable bonds is 3. The fourth-order valence-electron chi connectivity index (χ4n) is 2.35. The Bertz CT molecular complexity index is 491. The largest absolute Gasteiger partial charge is 0.496 e. The smallest absolute Gasteiger partial charge is 0.246 e. The molecule has 0 atom stereocenters. The van der Waals surface area contributed by atoms with Gasteiger partial charge in [0.15, 0.2) is 0 Å². The lowest BCUT2D eigenvalue weighted by atomic mass is 10.2. The van der Waals surface area contributed by atoms with Crippen molar-refractivity contribution < 1.29 is 9.53 Å². The Balaban J connectivity index is 2.00. The van der Waals surface area contributed by atoms with Crippen LogP contribution in [-0.4, -0.2) is 31.0 Å². The molecule has 3 nitrogen and oxygen atoms in total. The number of halogens is 1. The molecule has 20 heavy (non-hydrogen) atoms. The number of methoxy groups -OCH3 is 1. The molecule has 0 spiro atoms. The summed E-state index contributed by atoms with van der Waals surface area (Å²) in [5.74, 6) is 0.903. The quantitative estimate of drug-likeness (QED) is 0.783. The van der Waals surface area contributed by atoms with Crippen molar-refractivity contribution in [3.63, 3.8) is 0 Å². The van der Waals surface area contributed by atoms with Gasteiger partial charge in [0.2, 0.25) is 5.91 Å². The van der Waals surface area contributed by atoms with Gasteiger partial charge in [-0.25, -0.2) is 0 Å². The number of carbonyl (C=O) groups is 1. The van der Waals surface area contributed by atoms with Gasteiger partial charge in [0.25, 0.3) is 0 Å². The van der Waals surface area contributed by atoms with Crippen molar-refractivity contribution in [1.82, 2.24) is 4.90 Å². The van der Waals surface area contributed by atoms with Crippen LogP contribution in [0.4, 0.5) is 0 Å². The average Bonchev–Trinajstić information content (AvgIpc) is 2.74. The number of hydrogen-bond donors (Lipinski definition) is 0. The highest BCUT2D eigenvalue weighted by Crippen LogP contribution is 2.26. The molecule has 0 radical (unpaired) electrons. The molecule has 0 saturated carbocycles. The Morgan fingerprint density at radius 3 is 2.55 bits per heavy atom. The number of amides is 1. The lowest BCUT2D eigenvalue weighted by molar-refractivity contribution is -0.125. The molecule has 108 valence electrons. The van der Waals surface area contributed by atoms with E-state index in [0.29, 0.717) is 0 Å². The summed E-state index contributed by atoms with van der Waals surface area (Å²) in [6, 6.07) is 5.78. The summed E-state index contributed by atoms with van der Waals surface area (Å²) in [6.45, 7) is 1.77. The molecule has 1 aromatic rings. The first-order valence-electron chi connectivity index (χ1n) is 7.01. The molecular formula is C16H20BrNO2. The van der Waals surface area contributed by atoms with E-state index < -0.39 is 0 Å². The number of benzene rings is 1. The van der Waals surface area contributed by atoms with Crippen LogP contribution in [0.15, 0.2) is 28.7 Å². The molecule has 1 saturated heterocycles. The first kappa shape index (κ1) is 15.1. The van der Waals surface area contributed by atoms with Crippen molar-refractivity contribution in [1.29, 1.82) is 0 Å². The molecule has 1 fully saturated rings. The molecular weight excluding hydrogens is 318 g/mol. The summed E-state index contributed by atoms with van der Waals surface area (Å²) in [5.41, 5.74) is 0.987. The third kappa shape index (κ3) is 4.10. The SMILES string of the molecule is COc1ccc(/C=C/C(=O)N2CCCCCC2)cc1Br. The van der Waals surface area contributed by atoms with Crippen molar-refractivity contribution in [2.24, 2.45) is 0 Å². The Morgan fingerprint density at radius 2 is 1.95 bits per heavy atom. The van der Waals surface area contributed by atoms with Gasteiger partial charge in [-0.1, -0.05) is 18.9 Å². The minimum absolute atomic E-state index is 0.110. The second-order valence-electron chi connectivity index (χ2n) is 4.97. The topological polar surface area (TPSA) is 29.5 Å². The molecule has 0 aliphatic carbocycles. The Morgan fingerprint density at radius 1 is 1.25 bits per heavy atom. The maximum Gasteiger partial charge on any atom is 0.246 e. The van der Waals surface area contributed by atoms with E-state index in [-0.39, 0.29) is 5.91 Å². The standard InChI is InChI=1S/C16H20BrNO2/c1-20-15-8-6-13(12-14(15)17)7-9-16(19)18-10-4-2-3-5-11-18/h6-9,12H,2-5,10-11H2,1H3/b9-7+. The Kier molecular flexibility index (Phi) is 5.65. The van der Waals surface area contributed by atoms with Crippen LogP contribution in [0.1, 0.15) is 31.2 Å². The second kappa shape index (κ2) is 7.48. The summed E-state index contributed by atoms with van der Waals surface area (Å²) in [5, 5.41) is 0. The first-order valence-corrected chi connectivity index (χ1v) is 7.80. The second-order valence-corrected chi connectivity index (χ2v) is 5.82. The Hall–Kier alpha value is -1.29. The van der Waals surface area contributed by atoms with Crippen molar-refractivity contribution in [3.8, 4) is 5.75 Å². The predicted octanol–water partition coefficient (Wildman–Crippen LogP) is 3.87. The highest BCUT2D eigenvalue weighted by molar-refractivity contribution is 9.10. The van der Waals surface area contributed by atoms with Gasteiger partial charge < -0.3 is 9.64 Å². The van der Waals surface area contributed by atoms with Crippen LogP contribution in [0.3, 0.4) is 0 Å². The van der Waals surface area contributed by atoms with Gasteiger partial charge in [-0.2, -0.15) is 0 Å². The predicted molar refractivity (Wildman–Crippen MR) is 84.8 cm³/mol. The van der Waals surface area contributed by atoms with Gasteiger partial charge in [0.05, 0.1) is 11.6 Å². The van der Waals surface area contributed by atoms with Crippen LogP contribution in [0.25, 0.3) is 6.08 Å². The third-order valence-electron chi connectivity index (χ3n) is 3.51. The molecule has 4 heteroatoms. The van der Waals surface area contributed by atoms with Gasteiger partial charge in [-0.15, -0.1) is 0 Å². The lowest BCUT2D eigenvalue weighted by Gasteiger charge is -2.17. The number of likely N-dealkylation sites (tertiary alicyclic amines) is 1. The van der Waals surface area contributed by atoms with Crippen LogP contribution in [0.5, 0.6) is 5.75 Å². The molecule has 0 N–H and O–H groups in total. The van der Waals surface area contributed by atoms with E-state index in [0.717, 1.165) is 41.7 Å². The van der Waals surface area contributed by atoms with Gasteiger partial charge in [-0.3, -0.25) is 4.79 Å². The fourth-order valence-corrected chi connectivity index (χ4v) is 2.91. The van der Waals surface area contributed by atoms with Gasteiger partial charge in [0, 0.05) is 19.2 Å². The van der Waals surface area contributed by atoms with Crippen LogP contribution in [-0.2, 0) is 4.79 Å². The minimum Gasteiger partial charge on any atom is -0.496 e. The summed E-state index contributed by atoms with van der Waals surface area (Å²) >= 11 is 3.45. The van der Waals surface area contributed by atoms with E-state index >= 15 is 0 Å². The molecule has 1 heterocycles. The lowest BCUT2D eigenvalue weighted by Crippen LogP contribution is -2.30. The van der Waals surface area contributed by atoms with Crippen LogP contribution >= 0.6 is 15.9 Å². The van der Waals surface area contributed by atoms with E-state index in [1.54, 1.807) is 13.2 Å². The molecule has 1 aromatic carbocycles. The van der Waals surface area contributed by atoms with E-state index in [1.807, 2.05) is 29.2 Å². The van der Waals surface area contributed by atoms with E-state index in [9.17, 15) is 4.79 Å². The van der Waals surface area contributed by atoms with Gasteiger partial charge in [-0.05, 0) is 52.5 Å². The fraction of sp³-hybridized carbons (Fsp3) is 0.438.